The first kappa shape index (κ1) is 9.51. The van der Waals surface area contributed by atoms with Crippen molar-refractivity contribution in [1.29, 1.82) is 0 Å². The maximum absolute atomic E-state index is 5.36. The smallest absolute Gasteiger partial charge is 0.313 e. The van der Waals surface area contributed by atoms with Crippen LogP contribution in [0.25, 0.3) is 11.5 Å². The molecule has 0 fully saturated rings. The molecule has 0 atom stereocenters. The number of rotatable bonds is 2. The maximum Gasteiger partial charge on any atom is 0.313 e. The van der Waals surface area contributed by atoms with Crippen molar-refractivity contribution < 1.29 is 9.15 Å². The fraction of sp³-hybridized carbons (Fsp3) is 0.200. The van der Waals surface area contributed by atoms with Gasteiger partial charge in [-0.3, -0.25) is 0 Å². The Morgan fingerprint density at radius 2 is 2.13 bits per heavy atom. The summed E-state index contributed by atoms with van der Waals surface area (Å²) < 4.78 is 10.3. The number of hydrogen-bond acceptors (Lipinski definition) is 5. The van der Waals surface area contributed by atoms with Gasteiger partial charge in [-0.2, -0.15) is 0 Å². The summed E-state index contributed by atoms with van der Waals surface area (Å²) in [6.45, 7) is 1.97. The number of nitrogen functional groups attached to an aromatic ring is 1. The highest BCUT2D eigenvalue weighted by Gasteiger charge is 2.12. The highest BCUT2D eigenvalue weighted by atomic mass is 16.5. The Hall–Kier alpha value is -2.04. The molecule has 2 rings (SSSR count). The van der Waals surface area contributed by atoms with Gasteiger partial charge >= 0.3 is 6.01 Å². The van der Waals surface area contributed by atoms with E-state index < -0.39 is 0 Å². The van der Waals surface area contributed by atoms with E-state index in [0.717, 1.165) is 11.1 Å². The average molecular weight is 205 g/mol. The second kappa shape index (κ2) is 3.61. The number of ether oxygens (including phenoxy) is 1. The highest BCUT2D eigenvalue weighted by Crippen LogP contribution is 2.29. The molecule has 5 nitrogen and oxygen atoms in total. The lowest BCUT2D eigenvalue weighted by Gasteiger charge is -2.05. The third-order valence-electron chi connectivity index (χ3n) is 2.03. The van der Waals surface area contributed by atoms with E-state index in [1.807, 2.05) is 25.1 Å². The highest BCUT2D eigenvalue weighted by molar-refractivity contribution is 5.63. The summed E-state index contributed by atoms with van der Waals surface area (Å²) in [6, 6.07) is 5.76. The Kier molecular flexibility index (Phi) is 2.29. The number of anilines is 1. The van der Waals surface area contributed by atoms with E-state index in [-0.39, 0.29) is 6.01 Å². The average Bonchev–Trinajstić information content (AvgIpc) is 2.65. The van der Waals surface area contributed by atoms with E-state index in [1.165, 1.54) is 0 Å². The Bertz CT molecular complexity index is 479. The number of benzene rings is 1. The first-order valence-corrected chi connectivity index (χ1v) is 4.44. The molecule has 1 aromatic heterocycles. The number of aryl methyl sites for hydroxylation is 1. The maximum atomic E-state index is 5.36. The minimum Gasteiger partial charge on any atom is -0.496 e. The van der Waals surface area contributed by atoms with Crippen molar-refractivity contribution in [2.75, 3.05) is 12.8 Å². The van der Waals surface area contributed by atoms with Crippen molar-refractivity contribution >= 4 is 6.01 Å². The van der Waals surface area contributed by atoms with Gasteiger partial charge in [0.05, 0.1) is 12.7 Å². The molecule has 0 aliphatic rings. The van der Waals surface area contributed by atoms with Crippen LogP contribution in [0, 0.1) is 6.92 Å². The molecule has 0 aliphatic heterocycles. The van der Waals surface area contributed by atoms with E-state index in [0.29, 0.717) is 11.6 Å². The fourth-order valence-corrected chi connectivity index (χ4v) is 1.33. The van der Waals surface area contributed by atoms with E-state index in [9.17, 15) is 0 Å². The monoisotopic (exact) mass is 205 g/mol. The van der Waals surface area contributed by atoms with Gasteiger partial charge in [0.15, 0.2) is 0 Å². The first-order valence-electron chi connectivity index (χ1n) is 4.44. The summed E-state index contributed by atoms with van der Waals surface area (Å²) in [7, 11) is 1.59. The molecular weight excluding hydrogens is 194 g/mol. The normalized spacial score (nSPS) is 10.3. The molecule has 1 aromatic carbocycles. The van der Waals surface area contributed by atoms with Crippen LogP contribution in [0.1, 0.15) is 5.56 Å². The summed E-state index contributed by atoms with van der Waals surface area (Å²) >= 11 is 0. The lowest BCUT2D eigenvalue weighted by Crippen LogP contribution is -1.89. The lowest BCUT2D eigenvalue weighted by molar-refractivity contribution is 0.414. The molecule has 0 saturated carbocycles. The molecule has 0 aliphatic carbocycles. The van der Waals surface area contributed by atoms with Crippen LogP contribution in [0.2, 0.25) is 0 Å². The second-order valence-electron chi connectivity index (χ2n) is 3.15. The van der Waals surface area contributed by atoms with Crippen molar-refractivity contribution in [2.45, 2.75) is 6.92 Å². The van der Waals surface area contributed by atoms with Gasteiger partial charge in [-0.25, -0.2) is 0 Å². The molecule has 5 heteroatoms. The van der Waals surface area contributed by atoms with Gasteiger partial charge in [-0.05, 0) is 19.1 Å². The van der Waals surface area contributed by atoms with Crippen molar-refractivity contribution in [3.63, 3.8) is 0 Å². The zero-order valence-electron chi connectivity index (χ0n) is 8.52. The zero-order chi connectivity index (χ0) is 10.8. The van der Waals surface area contributed by atoms with Crippen LogP contribution in [-0.4, -0.2) is 17.3 Å². The third-order valence-corrected chi connectivity index (χ3v) is 2.03. The fourth-order valence-electron chi connectivity index (χ4n) is 1.33. The number of nitrogens with zero attached hydrogens (tertiary/aromatic N) is 2. The molecule has 0 spiro atoms. The van der Waals surface area contributed by atoms with Crippen LogP contribution in [0.5, 0.6) is 5.75 Å². The lowest BCUT2D eigenvalue weighted by atomic mass is 10.1. The number of aromatic nitrogens is 2. The minimum atomic E-state index is 0.0496. The van der Waals surface area contributed by atoms with Crippen LogP contribution >= 0.6 is 0 Å². The number of methoxy groups -OCH3 is 1. The second-order valence-corrected chi connectivity index (χ2v) is 3.15. The Morgan fingerprint density at radius 3 is 2.73 bits per heavy atom. The Labute approximate surface area is 86.9 Å². The number of nitrogens with two attached hydrogens (primary N) is 1. The van der Waals surface area contributed by atoms with E-state index >= 15 is 0 Å². The topological polar surface area (TPSA) is 74.2 Å². The molecule has 2 N–H and O–H groups in total. The molecule has 0 amide bonds. The predicted molar refractivity (Wildman–Crippen MR) is 55.4 cm³/mol. The quantitative estimate of drug-likeness (QED) is 0.806. The van der Waals surface area contributed by atoms with E-state index in [2.05, 4.69) is 10.2 Å². The summed E-state index contributed by atoms with van der Waals surface area (Å²) in [5.41, 5.74) is 7.20. The predicted octanol–water partition coefficient (Wildman–Crippen LogP) is 1.64. The van der Waals surface area contributed by atoms with Gasteiger partial charge < -0.3 is 14.9 Å². The van der Waals surface area contributed by atoms with Gasteiger partial charge in [-0.1, -0.05) is 16.7 Å². The molecule has 0 unspecified atom stereocenters. The minimum absolute atomic E-state index is 0.0496. The van der Waals surface area contributed by atoms with Gasteiger partial charge in [0, 0.05) is 0 Å². The SMILES string of the molecule is COc1ccc(C)cc1-c1nnc(N)o1. The van der Waals surface area contributed by atoms with Crippen molar-refractivity contribution in [3.8, 4) is 17.2 Å². The molecular formula is C10H11N3O2. The summed E-state index contributed by atoms with van der Waals surface area (Å²) in [4.78, 5) is 0. The molecule has 0 saturated heterocycles. The van der Waals surface area contributed by atoms with Crippen LogP contribution in [0.3, 0.4) is 0 Å². The van der Waals surface area contributed by atoms with E-state index in [1.54, 1.807) is 7.11 Å². The summed E-state index contributed by atoms with van der Waals surface area (Å²) in [5.74, 6) is 1.05. The summed E-state index contributed by atoms with van der Waals surface area (Å²) in [5, 5.41) is 7.42. The van der Waals surface area contributed by atoms with E-state index in [4.69, 9.17) is 14.9 Å². The summed E-state index contributed by atoms with van der Waals surface area (Å²) in [6.07, 6.45) is 0. The molecule has 15 heavy (non-hydrogen) atoms. The van der Waals surface area contributed by atoms with Crippen LogP contribution < -0.4 is 10.5 Å². The standard InChI is InChI=1S/C10H11N3O2/c1-6-3-4-8(14-2)7(5-6)9-12-13-10(11)15-9/h3-5H,1-2H3,(H2,11,13). The largest absolute Gasteiger partial charge is 0.496 e. The van der Waals surface area contributed by atoms with Crippen LogP contribution in [0.4, 0.5) is 6.01 Å². The van der Waals surface area contributed by atoms with Gasteiger partial charge in [0.2, 0.25) is 0 Å². The first-order chi connectivity index (χ1) is 7.20. The molecule has 0 radical (unpaired) electrons. The van der Waals surface area contributed by atoms with Gasteiger partial charge in [0.1, 0.15) is 5.75 Å². The Morgan fingerprint density at radius 1 is 1.33 bits per heavy atom. The van der Waals surface area contributed by atoms with Crippen molar-refractivity contribution in [1.82, 2.24) is 10.2 Å². The zero-order valence-corrected chi connectivity index (χ0v) is 8.52. The molecule has 2 aromatic rings. The Balaban J connectivity index is 2.55. The van der Waals surface area contributed by atoms with Crippen LogP contribution in [-0.2, 0) is 0 Å². The van der Waals surface area contributed by atoms with Crippen molar-refractivity contribution in [2.24, 2.45) is 0 Å². The molecule has 1 heterocycles. The molecule has 78 valence electrons. The van der Waals surface area contributed by atoms with Crippen LogP contribution in [0.15, 0.2) is 22.6 Å². The van der Waals surface area contributed by atoms with Crippen molar-refractivity contribution in [3.05, 3.63) is 23.8 Å². The third kappa shape index (κ3) is 1.76. The van der Waals surface area contributed by atoms with Gasteiger partial charge in [-0.15, -0.1) is 5.10 Å². The molecule has 0 bridgehead atoms. The van der Waals surface area contributed by atoms with Gasteiger partial charge in [0.25, 0.3) is 5.89 Å². The number of hydrogen-bond donors (Lipinski definition) is 1.